The molecule has 1 atom stereocenters. The van der Waals surface area contributed by atoms with E-state index in [0.717, 1.165) is 6.42 Å². The molecule has 1 aromatic rings. The topological polar surface area (TPSA) is 98.9 Å². The number of primary sulfonamides is 1. The summed E-state index contributed by atoms with van der Waals surface area (Å²) in [5, 5.41) is 5.10. The number of ether oxygens (including phenoxy) is 2. The lowest BCUT2D eigenvalue weighted by Gasteiger charge is -2.18. The van der Waals surface area contributed by atoms with Crippen molar-refractivity contribution in [3.8, 4) is 5.75 Å². The second-order valence-electron chi connectivity index (χ2n) is 4.80. The number of sulfonamides is 1. The number of nitrogens with zero attached hydrogens (tertiary/aromatic N) is 1. The fraction of sp³-hybridized carbons (Fsp3) is 0.462. The van der Waals surface area contributed by atoms with E-state index in [2.05, 4.69) is 0 Å². The number of hydrogen-bond acceptors (Lipinski definition) is 5. The minimum atomic E-state index is -3.87. The van der Waals surface area contributed by atoms with E-state index in [-0.39, 0.29) is 22.5 Å². The molecule has 2 N–H and O–H groups in total. The lowest BCUT2D eigenvalue weighted by atomic mass is 10.1. The van der Waals surface area contributed by atoms with Crippen molar-refractivity contribution in [3.63, 3.8) is 0 Å². The Hall–Kier alpha value is -1.64. The van der Waals surface area contributed by atoms with Crippen LogP contribution in [-0.4, -0.2) is 52.6 Å². The SMILES string of the molecule is COc1ccc(S(N)(=O)=O)cc1C(=O)N1CCC(OC)C1. The van der Waals surface area contributed by atoms with Crippen molar-refractivity contribution in [3.05, 3.63) is 23.8 Å². The maximum Gasteiger partial charge on any atom is 0.257 e. The minimum absolute atomic E-state index is 0.00127. The van der Waals surface area contributed by atoms with Crippen molar-refractivity contribution in [1.82, 2.24) is 4.90 Å². The van der Waals surface area contributed by atoms with Crippen LogP contribution >= 0.6 is 0 Å². The fourth-order valence-corrected chi connectivity index (χ4v) is 2.85. The van der Waals surface area contributed by atoms with E-state index in [1.54, 1.807) is 12.0 Å². The Morgan fingerprint density at radius 1 is 1.38 bits per heavy atom. The highest BCUT2D eigenvalue weighted by Gasteiger charge is 2.29. The maximum atomic E-state index is 12.5. The molecule has 1 aliphatic heterocycles. The van der Waals surface area contributed by atoms with Gasteiger partial charge in [0.2, 0.25) is 10.0 Å². The second kappa shape index (κ2) is 6.00. The van der Waals surface area contributed by atoms with Gasteiger partial charge in [0.05, 0.1) is 23.7 Å². The van der Waals surface area contributed by atoms with Crippen LogP contribution in [-0.2, 0) is 14.8 Å². The Morgan fingerprint density at radius 2 is 2.10 bits per heavy atom. The van der Waals surface area contributed by atoms with Gasteiger partial charge in [-0.15, -0.1) is 0 Å². The first-order valence-electron chi connectivity index (χ1n) is 6.39. The van der Waals surface area contributed by atoms with Crippen LogP contribution in [0.5, 0.6) is 5.75 Å². The van der Waals surface area contributed by atoms with Gasteiger partial charge in [-0.1, -0.05) is 0 Å². The van der Waals surface area contributed by atoms with Gasteiger partial charge >= 0.3 is 0 Å². The Morgan fingerprint density at radius 3 is 2.62 bits per heavy atom. The van der Waals surface area contributed by atoms with Gasteiger partial charge in [-0.3, -0.25) is 4.79 Å². The summed E-state index contributed by atoms with van der Waals surface area (Å²) in [6.45, 7) is 1.03. The van der Waals surface area contributed by atoms with Crippen molar-refractivity contribution >= 4 is 15.9 Å². The maximum absolute atomic E-state index is 12.5. The zero-order valence-corrected chi connectivity index (χ0v) is 12.7. The molecule has 0 bridgehead atoms. The summed E-state index contributed by atoms with van der Waals surface area (Å²) >= 11 is 0. The summed E-state index contributed by atoms with van der Waals surface area (Å²) in [6.07, 6.45) is 0.751. The van der Waals surface area contributed by atoms with Crippen molar-refractivity contribution in [2.75, 3.05) is 27.3 Å². The fourth-order valence-electron chi connectivity index (χ4n) is 2.31. The average Bonchev–Trinajstić information content (AvgIpc) is 2.93. The zero-order chi connectivity index (χ0) is 15.6. The summed E-state index contributed by atoms with van der Waals surface area (Å²) in [6, 6.07) is 3.99. The van der Waals surface area contributed by atoms with Crippen molar-refractivity contribution < 1.29 is 22.7 Å². The minimum Gasteiger partial charge on any atom is -0.496 e. The Bertz CT molecular complexity index is 644. The van der Waals surface area contributed by atoms with Crippen LogP contribution in [0.3, 0.4) is 0 Å². The third-order valence-electron chi connectivity index (χ3n) is 3.50. The number of hydrogen-bond donors (Lipinski definition) is 1. The predicted octanol–water partition coefficient (Wildman–Crippen LogP) is 0.204. The zero-order valence-electron chi connectivity index (χ0n) is 11.9. The normalized spacial score (nSPS) is 18.8. The Kier molecular flexibility index (Phi) is 4.50. The molecular formula is C13H18N2O5S. The molecule has 7 nitrogen and oxygen atoms in total. The van der Waals surface area contributed by atoms with Gasteiger partial charge in [-0.2, -0.15) is 0 Å². The van der Waals surface area contributed by atoms with Crippen LogP contribution in [0.4, 0.5) is 0 Å². The molecule has 0 radical (unpaired) electrons. The Balaban J connectivity index is 2.35. The van der Waals surface area contributed by atoms with Crippen LogP contribution in [0.2, 0.25) is 0 Å². The molecular weight excluding hydrogens is 296 g/mol. The van der Waals surface area contributed by atoms with Gasteiger partial charge in [0.1, 0.15) is 5.75 Å². The number of amides is 1. The lowest BCUT2D eigenvalue weighted by molar-refractivity contribution is 0.0721. The second-order valence-corrected chi connectivity index (χ2v) is 6.37. The van der Waals surface area contributed by atoms with Gasteiger partial charge in [0, 0.05) is 20.2 Å². The third-order valence-corrected chi connectivity index (χ3v) is 4.41. The van der Waals surface area contributed by atoms with Crippen LogP contribution in [0.25, 0.3) is 0 Å². The van der Waals surface area contributed by atoms with E-state index in [1.807, 2.05) is 0 Å². The monoisotopic (exact) mass is 314 g/mol. The van der Waals surface area contributed by atoms with Crippen LogP contribution in [0, 0.1) is 0 Å². The first kappa shape index (κ1) is 15.7. The molecule has 21 heavy (non-hydrogen) atoms. The Labute approximate surface area is 123 Å². The van der Waals surface area contributed by atoms with E-state index >= 15 is 0 Å². The summed E-state index contributed by atoms with van der Waals surface area (Å²) in [5.41, 5.74) is 0.181. The number of methoxy groups -OCH3 is 2. The number of carbonyl (C=O) groups excluding carboxylic acids is 1. The predicted molar refractivity (Wildman–Crippen MR) is 75.7 cm³/mol. The van der Waals surface area contributed by atoms with E-state index in [4.69, 9.17) is 14.6 Å². The van der Waals surface area contributed by atoms with E-state index in [0.29, 0.717) is 18.8 Å². The molecule has 1 heterocycles. The third kappa shape index (κ3) is 3.34. The number of benzene rings is 1. The van der Waals surface area contributed by atoms with E-state index < -0.39 is 10.0 Å². The van der Waals surface area contributed by atoms with Gasteiger partial charge in [-0.25, -0.2) is 13.6 Å². The molecule has 0 aliphatic carbocycles. The van der Waals surface area contributed by atoms with E-state index in [9.17, 15) is 13.2 Å². The highest BCUT2D eigenvalue weighted by Crippen LogP contribution is 2.25. The molecule has 0 spiro atoms. The molecule has 1 amide bonds. The average molecular weight is 314 g/mol. The lowest BCUT2D eigenvalue weighted by Crippen LogP contribution is -2.30. The highest BCUT2D eigenvalue weighted by atomic mass is 32.2. The van der Waals surface area contributed by atoms with Crippen molar-refractivity contribution in [2.24, 2.45) is 5.14 Å². The van der Waals surface area contributed by atoms with Crippen LogP contribution in [0.15, 0.2) is 23.1 Å². The van der Waals surface area contributed by atoms with E-state index in [1.165, 1.54) is 25.3 Å². The molecule has 2 rings (SSSR count). The molecule has 1 saturated heterocycles. The molecule has 8 heteroatoms. The summed E-state index contributed by atoms with van der Waals surface area (Å²) in [5.74, 6) is 0.0187. The van der Waals surface area contributed by atoms with Crippen LogP contribution < -0.4 is 9.88 Å². The standard InChI is InChI=1S/C13H18N2O5S/c1-19-9-5-6-15(8-9)13(16)11-7-10(21(14,17)18)3-4-12(11)20-2/h3-4,7,9H,5-6,8H2,1-2H3,(H2,14,17,18). The molecule has 1 aliphatic rings. The molecule has 1 fully saturated rings. The molecule has 1 unspecified atom stereocenters. The van der Waals surface area contributed by atoms with Gasteiger partial charge in [0.15, 0.2) is 0 Å². The van der Waals surface area contributed by atoms with Crippen molar-refractivity contribution in [2.45, 2.75) is 17.4 Å². The smallest absolute Gasteiger partial charge is 0.257 e. The van der Waals surface area contributed by atoms with Crippen LogP contribution in [0.1, 0.15) is 16.8 Å². The van der Waals surface area contributed by atoms with Gasteiger partial charge in [0.25, 0.3) is 5.91 Å². The van der Waals surface area contributed by atoms with Gasteiger partial charge < -0.3 is 14.4 Å². The highest BCUT2D eigenvalue weighted by molar-refractivity contribution is 7.89. The quantitative estimate of drug-likeness (QED) is 0.856. The summed E-state index contributed by atoms with van der Waals surface area (Å²) in [7, 11) is -0.854. The first-order chi connectivity index (χ1) is 9.86. The summed E-state index contributed by atoms with van der Waals surface area (Å²) < 4.78 is 33.2. The molecule has 1 aromatic carbocycles. The number of carbonyl (C=O) groups is 1. The molecule has 0 saturated carbocycles. The largest absolute Gasteiger partial charge is 0.496 e. The summed E-state index contributed by atoms with van der Waals surface area (Å²) in [4.78, 5) is 14.0. The van der Waals surface area contributed by atoms with Gasteiger partial charge in [-0.05, 0) is 24.6 Å². The number of rotatable bonds is 4. The first-order valence-corrected chi connectivity index (χ1v) is 7.94. The van der Waals surface area contributed by atoms with Crippen molar-refractivity contribution in [1.29, 1.82) is 0 Å². The molecule has 0 aromatic heterocycles. The number of nitrogens with two attached hydrogens (primary N) is 1. The number of likely N-dealkylation sites (tertiary alicyclic amines) is 1. The molecule has 116 valence electrons.